The fourth-order valence-corrected chi connectivity index (χ4v) is 6.94. The van der Waals surface area contributed by atoms with Crippen LogP contribution in [0.4, 0.5) is 0 Å². The number of rotatable bonds is 11. The summed E-state index contributed by atoms with van der Waals surface area (Å²) in [5, 5.41) is 0. The zero-order valence-corrected chi connectivity index (χ0v) is 23.1. The van der Waals surface area contributed by atoms with Crippen molar-refractivity contribution in [3.63, 3.8) is 0 Å². The Labute approximate surface area is 196 Å². The largest absolute Gasteiger partial charge is 0.129 e. The van der Waals surface area contributed by atoms with Crippen LogP contribution >= 0.6 is 38.6 Å². The minimum atomic E-state index is -1.36. The van der Waals surface area contributed by atoms with E-state index in [-0.39, 0.29) is 0 Å². The average molecular weight is 510 g/mol. The molecule has 4 heteroatoms. The van der Waals surface area contributed by atoms with Crippen molar-refractivity contribution in [1.82, 2.24) is 0 Å². The van der Waals surface area contributed by atoms with Crippen molar-refractivity contribution in [3.05, 3.63) is 31.9 Å². The van der Waals surface area contributed by atoms with E-state index in [1.807, 2.05) is 22.7 Å². The maximum Gasteiger partial charge on any atom is 0.129 e. The predicted molar refractivity (Wildman–Crippen MR) is 141 cm³/mol. The molecule has 0 radical (unpaired) electrons. The van der Waals surface area contributed by atoms with E-state index in [9.17, 15) is 0 Å². The highest BCUT2D eigenvalue weighted by Crippen LogP contribution is 2.42. The van der Waals surface area contributed by atoms with Crippen molar-refractivity contribution in [2.24, 2.45) is 0 Å². The molecule has 2 aromatic rings. The van der Waals surface area contributed by atoms with Crippen molar-refractivity contribution in [2.75, 3.05) is 0 Å². The smallest absolute Gasteiger partial charge is 0.127 e. The molecule has 0 saturated carbocycles. The van der Waals surface area contributed by atoms with Gasteiger partial charge in [0.25, 0.3) is 0 Å². The van der Waals surface area contributed by atoms with Gasteiger partial charge in [-0.05, 0) is 64.9 Å². The van der Waals surface area contributed by atoms with Crippen LogP contribution in [0.15, 0.2) is 15.9 Å². The second-order valence-corrected chi connectivity index (χ2v) is 17.2. The Balaban J connectivity index is 2.30. The monoisotopic (exact) mass is 508 g/mol. The molecular formula is C25H37BrS2Si. The topological polar surface area (TPSA) is 0 Å². The lowest BCUT2D eigenvalue weighted by Gasteiger charge is -2.06. The summed E-state index contributed by atoms with van der Waals surface area (Å²) < 4.78 is 1.26. The molecular weight excluding hydrogens is 472 g/mol. The Morgan fingerprint density at radius 3 is 1.90 bits per heavy atom. The molecule has 2 heterocycles. The fourth-order valence-electron chi connectivity index (χ4n) is 3.37. The molecule has 0 atom stereocenters. The van der Waals surface area contributed by atoms with Crippen LogP contribution in [-0.2, 0) is 12.8 Å². The van der Waals surface area contributed by atoms with Gasteiger partial charge in [0.2, 0.25) is 0 Å². The Morgan fingerprint density at radius 2 is 1.34 bits per heavy atom. The summed E-state index contributed by atoms with van der Waals surface area (Å²) in [5.74, 6) is 3.53. The predicted octanol–water partition coefficient (Wildman–Crippen LogP) is 9.71. The summed E-state index contributed by atoms with van der Waals surface area (Å²) in [4.78, 5) is 4.24. The van der Waals surface area contributed by atoms with Crippen LogP contribution in [0.25, 0.3) is 9.75 Å². The van der Waals surface area contributed by atoms with Gasteiger partial charge in [-0.1, -0.05) is 77.9 Å². The molecule has 0 spiro atoms. The third-order valence-electron chi connectivity index (χ3n) is 4.95. The van der Waals surface area contributed by atoms with E-state index < -0.39 is 8.07 Å². The summed E-state index contributed by atoms with van der Waals surface area (Å²) in [6, 6.07) is 4.76. The molecule has 0 nitrogen and oxygen atoms in total. The number of unbranched alkanes of at least 4 members (excludes halogenated alkanes) is 6. The average Bonchev–Trinajstić information content (AvgIpc) is 3.23. The lowest BCUT2D eigenvalue weighted by atomic mass is 10.0. The second-order valence-electron chi connectivity index (χ2n) is 8.99. The molecule has 2 rings (SSSR count). The molecule has 0 aliphatic rings. The second kappa shape index (κ2) is 12.5. The molecule has 29 heavy (non-hydrogen) atoms. The van der Waals surface area contributed by atoms with E-state index in [4.69, 9.17) is 0 Å². The first-order valence-corrected chi connectivity index (χ1v) is 17.2. The Kier molecular flexibility index (Phi) is 10.7. The van der Waals surface area contributed by atoms with E-state index in [0.717, 1.165) is 0 Å². The van der Waals surface area contributed by atoms with Crippen LogP contribution in [0.2, 0.25) is 19.6 Å². The van der Waals surface area contributed by atoms with Crippen LogP contribution in [0.3, 0.4) is 0 Å². The van der Waals surface area contributed by atoms with Crippen LogP contribution in [0.5, 0.6) is 0 Å². The highest BCUT2D eigenvalue weighted by molar-refractivity contribution is 9.11. The summed E-state index contributed by atoms with van der Waals surface area (Å²) in [6.07, 6.45) is 12.9. The molecule has 0 amide bonds. The number of hydrogen-bond acceptors (Lipinski definition) is 2. The van der Waals surface area contributed by atoms with Crippen molar-refractivity contribution in [1.29, 1.82) is 0 Å². The standard InChI is InChI=1S/C25H37BrS2Si/c1-6-8-10-12-14-20-18-22(16-17-29(3,4)5)27-24(20)25-21(19-23(26)28-25)15-13-11-9-7-2/h18-19H,6-15H2,1-5H3. The van der Waals surface area contributed by atoms with E-state index in [1.54, 1.807) is 0 Å². The van der Waals surface area contributed by atoms with Crippen LogP contribution in [-0.4, -0.2) is 8.07 Å². The Bertz CT molecular complexity index is 814. The summed E-state index contributed by atoms with van der Waals surface area (Å²) in [5.41, 5.74) is 6.62. The zero-order chi connectivity index (χ0) is 21.3. The molecule has 0 aliphatic heterocycles. The molecule has 0 N–H and O–H groups in total. The van der Waals surface area contributed by atoms with Gasteiger partial charge >= 0.3 is 0 Å². The molecule has 0 bridgehead atoms. The van der Waals surface area contributed by atoms with Crippen LogP contribution < -0.4 is 0 Å². The van der Waals surface area contributed by atoms with Gasteiger partial charge in [0.1, 0.15) is 8.07 Å². The normalized spacial score (nSPS) is 11.5. The van der Waals surface area contributed by atoms with Crippen LogP contribution in [0, 0.1) is 11.5 Å². The van der Waals surface area contributed by atoms with Gasteiger partial charge in [-0.2, -0.15) is 0 Å². The van der Waals surface area contributed by atoms with Gasteiger partial charge in [0, 0.05) is 9.75 Å². The van der Waals surface area contributed by atoms with Gasteiger partial charge in [-0.25, -0.2) is 0 Å². The summed E-state index contributed by atoms with van der Waals surface area (Å²) in [7, 11) is -1.36. The molecule has 0 fully saturated rings. The summed E-state index contributed by atoms with van der Waals surface area (Å²) in [6.45, 7) is 11.5. The van der Waals surface area contributed by atoms with Gasteiger partial charge in [-0.3, -0.25) is 0 Å². The molecule has 0 saturated heterocycles. The Hall–Kier alpha value is -0.343. The maximum absolute atomic E-state index is 3.77. The molecule has 0 aromatic carbocycles. The van der Waals surface area contributed by atoms with Crippen molar-refractivity contribution >= 4 is 46.7 Å². The minimum absolute atomic E-state index is 1.19. The van der Waals surface area contributed by atoms with E-state index in [0.29, 0.717) is 0 Å². The van der Waals surface area contributed by atoms with Crippen molar-refractivity contribution < 1.29 is 0 Å². The highest BCUT2D eigenvalue weighted by atomic mass is 79.9. The number of hydrogen-bond donors (Lipinski definition) is 0. The number of thiophene rings is 2. The molecule has 160 valence electrons. The highest BCUT2D eigenvalue weighted by Gasteiger charge is 2.17. The maximum atomic E-state index is 3.77. The number of halogens is 1. The third-order valence-corrected chi connectivity index (χ3v) is 8.77. The van der Waals surface area contributed by atoms with Crippen molar-refractivity contribution in [2.45, 2.75) is 97.7 Å². The first-order valence-electron chi connectivity index (χ1n) is 11.3. The molecule has 2 aromatic heterocycles. The van der Waals surface area contributed by atoms with E-state index >= 15 is 0 Å². The quantitative estimate of drug-likeness (QED) is 0.161. The first kappa shape index (κ1) is 24.9. The van der Waals surface area contributed by atoms with Gasteiger partial charge in [-0.15, -0.1) is 28.2 Å². The molecule has 0 unspecified atom stereocenters. The lowest BCUT2D eigenvalue weighted by molar-refractivity contribution is 0.666. The minimum Gasteiger partial charge on any atom is -0.127 e. The lowest BCUT2D eigenvalue weighted by Crippen LogP contribution is -2.16. The van der Waals surface area contributed by atoms with Gasteiger partial charge < -0.3 is 0 Å². The third kappa shape index (κ3) is 8.73. The Morgan fingerprint density at radius 1 is 0.793 bits per heavy atom. The van der Waals surface area contributed by atoms with E-state index in [2.05, 4.69) is 73.0 Å². The summed E-state index contributed by atoms with van der Waals surface area (Å²) >= 11 is 7.61. The molecule has 0 aliphatic carbocycles. The number of aryl methyl sites for hydroxylation is 2. The zero-order valence-electron chi connectivity index (χ0n) is 18.9. The fraction of sp³-hybridized carbons (Fsp3) is 0.600. The van der Waals surface area contributed by atoms with Gasteiger partial charge in [0.05, 0.1) is 8.66 Å². The van der Waals surface area contributed by atoms with E-state index in [1.165, 1.54) is 93.8 Å². The first-order chi connectivity index (χ1) is 13.8. The van der Waals surface area contributed by atoms with Crippen LogP contribution in [0.1, 0.15) is 81.2 Å². The van der Waals surface area contributed by atoms with Gasteiger partial charge in [0.15, 0.2) is 0 Å². The SMILES string of the molecule is CCCCCCc1cc(Br)sc1-c1sc(C#C[Si](C)(C)C)cc1CCCCCC. The van der Waals surface area contributed by atoms with Crippen molar-refractivity contribution in [3.8, 4) is 21.2 Å².